The number of halogens is 1. The lowest BCUT2D eigenvalue weighted by molar-refractivity contribution is 0.0779. The Morgan fingerprint density at radius 3 is 2.71 bits per heavy atom. The van der Waals surface area contributed by atoms with E-state index in [2.05, 4.69) is 36.3 Å². The fraction of sp³-hybridized carbons (Fsp3) is 0.143. The zero-order valence-corrected chi connectivity index (χ0v) is 12.8. The van der Waals surface area contributed by atoms with Crippen molar-refractivity contribution in [1.29, 1.82) is 0 Å². The van der Waals surface area contributed by atoms with Gasteiger partial charge in [-0.3, -0.25) is 4.79 Å². The summed E-state index contributed by atoms with van der Waals surface area (Å²) >= 11 is 3.39. The van der Waals surface area contributed by atoms with E-state index < -0.39 is 0 Å². The predicted molar refractivity (Wildman–Crippen MR) is 81.6 cm³/mol. The second kappa shape index (κ2) is 5.61. The van der Waals surface area contributed by atoms with E-state index in [-0.39, 0.29) is 5.91 Å². The summed E-state index contributed by atoms with van der Waals surface area (Å²) in [6.07, 6.45) is 0. The number of fused-ring (bicyclic) bond motifs is 1. The number of pyridine rings is 1. The maximum absolute atomic E-state index is 12.4. The number of aromatic amines is 1. The van der Waals surface area contributed by atoms with E-state index in [1.54, 1.807) is 24.1 Å². The zero-order valence-electron chi connectivity index (χ0n) is 11.2. The van der Waals surface area contributed by atoms with Gasteiger partial charge in [-0.25, -0.2) is 4.98 Å². The lowest BCUT2D eigenvalue weighted by Gasteiger charge is -2.16. The standard InChI is InChI=1S/C14H12BrN5O/c1-20(8-9-2-4-10(15)5-3-9)14(21)12-7-6-11-13(16-12)18-19-17-11/h2-7H,8H2,1H3,(H,16,17,18,19). The molecule has 0 saturated carbocycles. The minimum atomic E-state index is -0.150. The van der Waals surface area contributed by atoms with Crippen LogP contribution in [0.3, 0.4) is 0 Å². The van der Waals surface area contributed by atoms with Gasteiger partial charge in [-0.2, -0.15) is 10.3 Å². The van der Waals surface area contributed by atoms with Crippen LogP contribution in [-0.2, 0) is 6.54 Å². The summed E-state index contributed by atoms with van der Waals surface area (Å²) in [7, 11) is 1.75. The van der Waals surface area contributed by atoms with Crippen molar-refractivity contribution in [2.45, 2.75) is 6.54 Å². The first-order chi connectivity index (χ1) is 10.1. The molecule has 0 aliphatic carbocycles. The van der Waals surface area contributed by atoms with Gasteiger partial charge in [0, 0.05) is 18.1 Å². The van der Waals surface area contributed by atoms with E-state index in [9.17, 15) is 4.79 Å². The van der Waals surface area contributed by atoms with Gasteiger partial charge in [0.1, 0.15) is 11.2 Å². The van der Waals surface area contributed by atoms with Gasteiger partial charge in [0.25, 0.3) is 5.91 Å². The van der Waals surface area contributed by atoms with E-state index in [1.165, 1.54) is 0 Å². The first-order valence-corrected chi connectivity index (χ1v) is 7.10. The Labute approximate surface area is 129 Å². The van der Waals surface area contributed by atoms with Crippen LogP contribution >= 0.6 is 15.9 Å². The van der Waals surface area contributed by atoms with Crippen LogP contribution in [0.25, 0.3) is 11.2 Å². The highest BCUT2D eigenvalue weighted by Gasteiger charge is 2.15. The normalized spacial score (nSPS) is 10.8. The molecule has 0 bridgehead atoms. The monoisotopic (exact) mass is 345 g/mol. The van der Waals surface area contributed by atoms with Crippen molar-refractivity contribution in [2.75, 3.05) is 7.05 Å². The van der Waals surface area contributed by atoms with Gasteiger partial charge in [0.15, 0.2) is 0 Å². The van der Waals surface area contributed by atoms with Crippen LogP contribution in [0.2, 0.25) is 0 Å². The molecule has 0 fully saturated rings. The number of rotatable bonds is 3. The molecule has 0 saturated heterocycles. The van der Waals surface area contributed by atoms with Crippen LogP contribution in [-0.4, -0.2) is 38.2 Å². The fourth-order valence-corrected chi connectivity index (χ4v) is 2.25. The number of hydrogen-bond acceptors (Lipinski definition) is 4. The van der Waals surface area contributed by atoms with Crippen LogP contribution in [0.15, 0.2) is 40.9 Å². The number of nitrogens with one attached hydrogen (secondary N) is 1. The largest absolute Gasteiger partial charge is 0.336 e. The average molecular weight is 346 g/mol. The van der Waals surface area contributed by atoms with Crippen molar-refractivity contribution in [2.24, 2.45) is 0 Å². The number of benzene rings is 1. The first-order valence-electron chi connectivity index (χ1n) is 6.31. The third-order valence-corrected chi connectivity index (χ3v) is 3.61. The van der Waals surface area contributed by atoms with Crippen molar-refractivity contribution >= 4 is 33.0 Å². The molecule has 0 atom stereocenters. The summed E-state index contributed by atoms with van der Waals surface area (Å²) in [6, 6.07) is 11.2. The summed E-state index contributed by atoms with van der Waals surface area (Å²) in [4.78, 5) is 18.2. The number of carbonyl (C=O) groups excluding carboxylic acids is 1. The molecule has 0 aliphatic rings. The summed E-state index contributed by atoms with van der Waals surface area (Å²) in [5.41, 5.74) is 2.49. The number of aromatic nitrogens is 4. The van der Waals surface area contributed by atoms with E-state index in [0.717, 1.165) is 10.0 Å². The van der Waals surface area contributed by atoms with Gasteiger partial charge in [-0.15, -0.1) is 5.10 Å². The van der Waals surface area contributed by atoms with Gasteiger partial charge in [-0.1, -0.05) is 28.1 Å². The average Bonchev–Trinajstić information content (AvgIpc) is 2.96. The number of carbonyl (C=O) groups is 1. The highest BCUT2D eigenvalue weighted by Crippen LogP contribution is 2.13. The number of amides is 1. The molecule has 21 heavy (non-hydrogen) atoms. The van der Waals surface area contributed by atoms with Gasteiger partial charge in [0.2, 0.25) is 5.65 Å². The van der Waals surface area contributed by atoms with Crippen LogP contribution in [0, 0.1) is 0 Å². The molecule has 0 spiro atoms. The molecular weight excluding hydrogens is 334 g/mol. The summed E-state index contributed by atoms with van der Waals surface area (Å²) in [5.74, 6) is -0.150. The van der Waals surface area contributed by atoms with Gasteiger partial charge >= 0.3 is 0 Å². The lowest BCUT2D eigenvalue weighted by Crippen LogP contribution is -2.27. The number of H-pyrrole nitrogens is 1. The van der Waals surface area contributed by atoms with Crippen molar-refractivity contribution in [3.8, 4) is 0 Å². The Morgan fingerprint density at radius 1 is 1.19 bits per heavy atom. The van der Waals surface area contributed by atoms with Crippen LogP contribution in [0.1, 0.15) is 16.1 Å². The van der Waals surface area contributed by atoms with Crippen molar-refractivity contribution in [1.82, 2.24) is 25.3 Å². The minimum absolute atomic E-state index is 0.150. The smallest absolute Gasteiger partial charge is 0.272 e. The highest BCUT2D eigenvalue weighted by atomic mass is 79.9. The summed E-state index contributed by atoms with van der Waals surface area (Å²) in [6.45, 7) is 0.518. The van der Waals surface area contributed by atoms with E-state index >= 15 is 0 Å². The second-order valence-electron chi connectivity index (χ2n) is 4.65. The van der Waals surface area contributed by atoms with E-state index in [0.29, 0.717) is 23.4 Å². The molecular formula is C14H12BrN5O. The third-order valence-electron chi connectivity index (χ3n) is 3.08. The third kappa shape index (κ3) is 2.92. The van der Waals surface area contributed by atoms with Crippen LogP contribution < -0.4 is 0 Å². The molecule has 3 aromatic rings. The molecule has 0 radical (unpaired) electrons. The molecule has 1 aromatic carbocycles. The molecule has 1 N–H and O–H groups in total. The Bertz CT molecular complexity index is 783. The van der Waals surface area contributed by atoms with Gasteiger partial charge < -0.3 is 4.90 Å². The molecule has 7 heteroatoms. The Hall–Kier alpha value is -2.28. The van der Waals surface area contributed by atoms with Gasteiger partial charge in [0.05, 0.1) is 0 Å². The predicted octanol–water partition coefficient (Wildman–Crippen LogP) is 2.39. The van der Waals surface area contributed by atoms with Crippen LogP contribution in [0.5, 0.6) is 0 Å². The first kappa shape index (κ1) is 13.7. The van der Waals surface area contributed by atoms with Crippen LogP contribution in [0.4, 0.5) is 0 Å². The SMILES string of the molecule is CN(Cc1ccc(Br)cc1)C(=O)c1ccc2n[nH]nc2n1. The second-order valence-corrected chi connectivity index (χ2v) is 5.57. The van der Waals surface area contributed by atoms with Crippen molar-refractivity contribution < 1.29 is 4.79 Å². The molecule has 2 heterocycles. The molecule has 6 nitrogen and oxygen atoms in total. The van der Waals surface area contributed by atoms with E-state index in [1.807, 2.05) is 24.3 Å². The molecule has 2 aromatic heterocycles. The molecule has 1 amide bonds. The maximum Gasteiger partial charge on any atom is 0.272 e. The minimum Gasteiger partial charge on any atom is -0.336 e. The summed E-state index contributed by atoms with van der Waals surface area (Å²) in [5, 5.41) is 10.3. The van der Waals surface area contributed by atoms with Crippen molar-refractivity contribution in [3.05, 3.63) is 52.1 Å². The lowest BCUT2D eigenvalue weighted by atomic mass is 10.2. The topological polar surface area (TPSA) is 74.8 Å². The summed E-state index contributed by atoms with van der Waals surface area (Å²) < 4.78 is 1.01. The Balaban J connectivity index is 1.78. The van der Waals surface area contributed by atoms with Gasteiger partial charge in [-0.05, 0) is 29.8 Å². The highest BCUT2D eigenvalue weighted by molar-refractivity contribution is 9.10. The molecule has 0 aliphatic heterocycles. The molecule has 106 valence electrons. The van der Waals surface area contributed by atoms with E-state index in [4.69, 9.17) is 0 Å². The zero-order chi connectivity index (χ0) is 14.8. The molecule has 3 rings (SSSR count). The Kier molecular flexibility index (Phi) is 3.66. The molecule has 0 unspecified atom stereocenters. The Morgan fingerprint density at radius 2 is 1.95 bits per heavy atom. The maximum atomic E-state index is 12.4. The van der Waals surface area contributed by atoms with Crippen molar-refractivity contribution in [3.63, 3.8) is 0 Å². The number of nitrogens with zero attached hydrogens (tertiary/aromatic N) is 4. The fourth-order valence-electron chi connectivity index (χ4n) is 1.99. The quantitative estimate of drug-likeness (QED) is 0.790. The number of hydrogen-bond donors (Lipinski definition) is 1.